The Morgan fingerprint density at radius 1 is 0.977 bits per heavy atom. The van der Waals surface area contributed by atoms with Crippen LogP contribution in [0.1, 0.15) is 79.6 Å². The van der Waals surface area contributed by atoms with Crippen LogP contribution in [0.3, 0.4) is 0 Å². The first kappa shape index (κ1) is 35.2. The fraction of sp³-hybridized carbons (Fsp3) is 0.516. The molecule has 3 rings (SSSR count). The van der Waals surface area contributed by atoms with Crippen LogP contribution in [0.25, 0.3) is 10.2 Å². The summed E-state index contributed by atoms with van der Waals surface area (Å²) < 4.78 is 37.1. The number of nitrogens with zero attached hydrogens (tertiary/aromatic N) is 2. The van der Waals surface area contributed by atoms with Gasteiger partial charge in [-0.25, -0.2) is 15.8 Å². The molecule has 0 unspecified atom stereocenters. The van der Waals surface area contributed by atoms with Gasteiger partial charge in [0.1, 0.15) is 16.2 Å². The highest BCUT2D eigenvalue weighted by atomic mass is 32.2. The standard InChI is InChI=1S/C31H45N5O6S2/c1-22(2)33-19-20-34-23-13-16-25(17-14-23)44(39,40)42-24-15-18-26-27(21-24)43-30(35-26)36(32)28(37)11-9-7-6-8-10-12-29(38)41-31(3,4)5/h13-18,21-22,33-34H,6-12,19-20,32H2,1-5H3. The Kier molecular flexibility index (Phi) is 12.9. The molecule has 0 aliphatic rings. The largest absolute Gasteiger partial charge is 0.460 e. The van der Waals surface area contributed by atoms with E-state index in [-0.39, 0.29) is 28.9 Å². The normalized spacial score (nSPS) is 12.0. The van der Waals surface area contributed by atoms with Crippen molar-refractivity contribution < 1.29 is 26.9 Å². The molecule has 4 N–H and O–H groups in total. The van der Waals surface area contributed by atoms with Crippen molar-refractivity contribution in [3.8, 4) is 5.75 Å². The van der Waals surface area contributed by atoms with Crippen molar-refractivity contribution in [2.45, 2.75) is 96.1 Å². The molecule has 1 amide bonds. The first-order valence-corrected chi connectivity index (χ1v) is 17.2. The van der Waals surface area contributed by atoms with Crippen LogP contribution < -0.4 is 25.7 Å². The van der Waals surface area contributed by atoms with Gasteiger partial charge in [0.25, 0.3) is 0 Å². The molecule has 0 radical (unpaired) electrons. The van der Waals surface area contributed by atoms with E-state index in [9.17, 15) is 18.0 Å². The zero-order valence-electron chi connectivity index (χ0n) is 26.2. The molecule has 2 aromatic carbocycles. The molecule has 11 nitrogen and oxygen atoms in total. The second-order valence-electron chi connectivity index (χ2n) is 11.8. The summed E-state index contributed by atoms with van der Waals surface area (Å²) in [7, 11) is -4.06. The number of anilines is 2. The molecule has 0 spiro atoms. The predicted octanol–water partition coefficient (Wildman–Crippen LogP) is 5.75. The Bertz CT molecular complexity index is 1480. The number of hydrogen-bond donors (Lipinski definition) is 3. The van der Waals surface area contributed by atoms with Crippen molar-refractivity contribution in [1.29, 1.82) is 0 Å². The number of benzene rings is 2. The Morgan fingerprint density at radius 3 is 2.30 bits per heavy atom. The third-order valence-electron chi connectivity index (χ3n) is 6.37. The average molecular weight is 648 g/mol. The smallest absolute Gasteiger partial charge is 0.339 e. The molecule has 0 fully saturated rings. The minimum absolute atomic E-state index is 0.0372. The number of carbonyl (C=O) groups is 2. The highest BCUT2D eigenvalue weighted by Crippen LogP contribution is 2.32. The number of nitrogens with one attached hydrogen (secondary N) is 2. The number of esters is 1. The van der Waals surface area contributed by atoms with E-state index in [4.69, 9.17) is 14.8 Å². The van der Waals surface area contributed by atoms with Gasteiger partial charge in [-0.15, -0.1) is 0 Å². The fourth-order valence-corrected chi connectivity index (χ4v) is 6.08. The van der Waals surface area contributed by atoms with Crippen LogP contribution in [0.4, 0.5) is 10.8 Å². The van der Waals surface area contributed by atoms with E-state index < -0.39 is 15.7 Å². The number of ether oxygens (including phenoxy) is 1. The lowest BCUT2D eigenvalue weighted by Crippen LogP contribution is -2.37. The number of aromatic nitrogens is 1. The Morgan fingerprint density at radius 2 is 1.64 bits per heavy atom. The second-order valence-corrected chi connectivity index (χ2v) is 14.4. The minimum atomic E-state index is -4.06. The summed E-state index contributed by atoms with van der Waals surface area (Å²) in [6.45, 7) is 11.2. The summed E-state index contributed by atoms with van der Waals surface area (Å²) in [4.78, 5) is 28.9. The Labute approximate surface area is 264 Å². The van der Waals surface area contributed by atoms with Gasteiger partial charge in [-0.05, 0) is 70.0 Å². The number of rotatable bonds is 17. The summed E-state index contributed by atoms with van der Waals surface area (Å²) in [5, 5.41) is 7.90. The van der Waals surface area contributed by atoms with Crippen molar-refractivity contribution in [2.24, 2.45) is 5.84 Å². The van der Waals surface area contributed by atoms with Crippen LogP contribution in [-0.2, 0) is 24.4 Å². The first-order valence-electron chi connectivity index (χ1n) is 15.0. The van der Waals surface area contributed by atoms with Gasteiger partial charge < -0.3 is 19.6 Å². The van der Waals surface area contributed by atoms with Gasteiger partial charge in [0.2, 0.25) is 11.0 Å². The molecule has 3 aromatic rings. The Hall–Kier alpha value is -3.26. The molecular weight excluding hydrogens is 603 g/mol. The van der Waals surface area contributed by atoms with E-state index in [1.165, 1.54) is 29.5 Å². The van der Waals surface area contributed by atoms with Crippen LogP contribution in [0.15, 0.2) is 47.4 Å². The molecule has 0 saturated carbocycles. The number of amides is 1. The van der Waals surface area contributed by atoms with E-state index in [0.717, 1.165) is 42.9 Å². The molecule has 0 saturated heterocycles. The third-order valence-corrected chi connectivity index (χ3v) is 8.65. The van der Waals surface area contributed by atoms with Gasteiger partial charge in [0.05, 0.1) is 10.2 Å². The first-order chi connectivity index (χ1) is 20.7. The second kappa shape index (κ2) is 16.2. The quantitative estimate of drug-likeness (QED) is 0.0412. The summed E-state index contributed by atoms with van der Waals surface area (Å²) in [5.74, 6) is 5.76. The van der Waals surface area contributed by atoms with Crippen LogP contribution in [0, 0.1) is 0 Å². The monoisotopic (exact) mass is 647 g/mol. The number of nitrogens with two attached hydrogens (primary N) is 1. The molecular formula is C31H45N5O6S2. The summed E-state index contributed by atoms with van der Waals surface area (Å²) in [6, 6.07) is 11.5. The lowest BCUT2D eigenvalue weighted by molar-refractivity contribution is -0.154. The minimum Gasteiger partial charge on any atom is -0.460 e. The highest BCUT2D eigenvalue weighted by molar-refractivity contribution is 7.87. The van der Waals surface area contributed by atoms with E-state index in [1.807, 2.05) is 20.8 Å². The maximum absolute atomic E-state index is 12.9. The highest BCUT2D eigenvalue weighted by Gasteiger charge is 2.20. The molecule has 1 heterocycles. The molecule has 1 aromatic heterocycles. The van der Waals surface area contributed by atoms with Crippen molar-refractivity contribution in [2.75, 3.05) is 23.4 Å². The molecule has 44 heavy (non-hydrogen) atoms. The number of unbranched alkanes of at least 4 members (excludes halogenated alkanes) is 4. The fourth-order valence-electron chi connectivity index (χ4n) is 4.23. The van der Waals surface area contributed by atoms with E-state index in [2.05, 4.69) is 29.5 Å². The number of thiazole rings is 1. The van der Waals surface area contributed by atoms with Gasteiger partial charge in [-0.1, -0.05) is 44.4 Å². The summed E-state index contributed by atoms with van der Waals surface area (Å²) in [6.07, 6.45) is 4.73. The van der Waals surface area contributed by atoms with Crippen LogP contribution >= 0.6 is 11.3 Å². The summed E-state index contributed by atoms with van der Waals surface area (Å²) >= 11 is 1.18. The average Bonchev–Trinajstić information content (AvgIpc) is 3.36. The number of hydrogen-bond acceptors (Lipinski definition) is 11. The zero-order valence-corrected chi connectivity index (χ0v) is 27.9. The van der Waals surface area contributed by atoms with E-state index in [1.54, 1.807) is 24.3 Å². The topological polar surface area (TPSA) is 153 Å². The van der Waals surface area contributed by atoms with Gasteiger partial charge >= 0.3 is 16.1 Å². The molecule has 242 valence electrons. The third kappa shape index (κ3) is 11.7. The number of carbonyl (C=O) groups excluding carboxylic acids is 2. The van der Waals surface area contributed by atoms with Crippen molar-refractivity contribution in [1.82, 2.24) is 10.3 Å². The number of fused-ring (bicyclic) bond motifs is 1. The van der Waals surface area contributed by atoms with Crippen LogP contribution in [0.2, 0.25) is 0 Å². The van der Waals surface area contributed by atoms with Gasteiger partial charge in [-0.3, -0.25) is 9.59 Å². The maximum Gasteiger partial charge on any atom is 0.339 e. The maximum atomic E-state index is 12.9. The van der Waals surface area contributed by atoms with Gasteiger partial charge in [-0.2, -0.15) is 8.42 Å². The Balaban J connectivity index is 1.47. The van der Waals surface area contributed by atoms with Crippen molar-refractivity contribution >= 4 is 54.4 Å². The molecule has 0 aliphatic heterocycles. The zero-order chi connectivity index (χ0) is 32.3. The molecule has 0 aliphatic carbocycles. The number of hydrazine groups is 1. The molecule has 13 heteroatoms. The molecule has 0 atom stereocenters. The van der Waals surface area contributed by atoms with Gasteiger partial charge in [0.15, 0.2) is 0 Å². The van der Waals surface area contributed by atoms with Crippen molar-refractivity contribution in [3.63, 3.8) is 0 Å². The van der Waals surface area contributed by atoms with Crippen LogP contribution in [-0.4, -0.2) is 50.0 Å². The van der Waals surface area contributed by atoms with Crippen molar-refractivity contribution in [3.05, 3.63) is 42.5 Å². The molecule has 0 bridgehead atoms. The predicted molar refractivity (Wildman–Crippen MR) is 175 cm³/mol. The lowest BCUT2D eigenvalue weighted by Gasteiger charge is -2.19. The van der Waals surface area contributed by atoms with Gasteiger partial charge in [0, 0.05) is 43.7 Å². The summed E-state index contributed by atoms with van der Waals surface area (Å²) in [5.41, 5.74) is 0.914. The lowest BCUT2D eigenvalue weighted by atomic mass is 10.1. The van der Waals surface area contributed by atoms with Crippen LogP contribution in [0.5, 0.6) is 5.75 Å². The van der Waals surface area contributed by atoms with E-state index in [0.29, 0.717) is 40.8 Å². The van der Waals surface area contributed by atoms with E-state index >= 15 is 0 Å². The SMILES string of the molecule is CC(C)NCCNc1ccc(S(=O)(=O)Oc2ccc3nc(N(N)C(=O)CCCCCCCC(=O)OC(C)(C)C)sc3c2)cc1.